The maximum atomic E-state index is 14.1. The van der Waals surface area contributed by atoms with Gasteiger partial charge in [-0.3, -0.25) is 14.5 Å². The summed E-state index contributed by atoms with van der Waals surface area (Å²) in [6, 6.07) is 5.75. The second kappa shape index (κ2) is 7.24. The van der Waals surface area contributed by atoms with Crippen molar-refractivity contribution in [2.45, 2.75) is 30.8 Å². The van der Waals surface area contributed by atoms with Crippen molar-refractivity contribution in [3.8, 4) is 11.3 Å². The largest absolute Gasteiger partial charge is 0.377 e. The Hall–Kier alpha value is -3.53. The van der Waals surface area contributed by atoms with Crippen LogP contribution in [0.1, 0.15) is 23.2 Å². The van der Waals surface area contributed by atoms with E-state index in [1.165, 1.54) is 0 Å². The number of alkyl halides is 2. The highest BCUT2D eigenvalue weighted by Crippen LogP contribution is 2.39. The molecule has 2 aliphatic heterocycles. The number of aryl methyl sites for hydroxylation is 1. The third-order valence-corrected chi connectivity index (χ3v) is 6.27. The maximum absolute atomic E-state index is 14.1. The molecule has 1 amide bonds. The van der Waals surface area contributed by atoms with Crippen molar-refractivity contribution in [3.63, 3.8) is 0 Å². The number of benzene rings is 1. The van der Waals surface area contributed by atoms with Crippen LogP contribution < -0.4 is 0 Å². The highest BCUT2D eigenvalue weighted by Gasteiger charge is 2.49. The van der Waals surface area contributed by atoms with E-state index in [1.54, 1.807) is 40.2 Å². The van der Waals surface area contributed by atoms with Gasteiger partial charge in [-0.1, -0.05) is 0 Å². The van der Waals surface area contributed by atoms with Crippen LogP contribution >= 0.6 is 0 Å². The molecular formula is C23H20F2N6O2. The molecule has 2 saturated heterocycles. The summed E-state index contributed by atoms with van der Waals surface area (Å²) in [5.41, 5.74) is 3.63. The molecule has 33 heavy (non-hydrogen) atoms. The molecule has 8 nitrogen and oxygen atoms in total. The van der Waals surface area contributed by atoms with E-state index in [2.05, 4.69) is 15.1 Å². The van der Waals surface area contributed by atoms with Gasteiger partial charge in [0.05, 0.1) is 48.2 Å². The molecule has 168 valence electrons. The number of hydrogen-bond acceptors (Lipinski definition) is 6. The fourth-order valence-corrected chi connectivity index (χ4v) is 4.82. The number of nitrogens with zero attached hydrogens (tertiary/aromatic N) is 6. The normalized spacial score (nSPS) is 22.1. The van der Waals surface area contributed by atoms with Gasteiger partial charge in [-0.15, -0.1) is 0 Å². The monoisotopic (exact) mass is 450 g/mol. The van der Waals surface area contributed by atoms with Gasteiger partial charge >= 0.3 is 0 Å². The number of rotatable bonds is 2. The second-order valence-corrected chi connectivity index (χ2v) is 8.72. The Morgan fingerprint density at radius 1 is 1.09 bits per heavy atom. The van der Waals surface area contributed by atoms with Crippen LogP contribution in [-0.2, 0) is 11.8 Å². The fraction of sp³-hybridized carbons (Fsp3) is 0.348. The van der Waals surface area contributed by atoms with Crippen molar-refractivity contribution in [2.75, 3.05) is 13.2 Å². The van der Waals surface area contributed by atoms with E-state index in [-0.39, 0.29) is 32.0 Å². The first-order chi connectivity index (χ1) is 15.9. The van der Waals surface area contributed by atoms with Gasteiger partial charge < -0.3 is 9.64 Å². The molecule has 6 rings (SSSR count). The van der Waals surface area contributed by atoms with Gasteiger partial charge in [-0.2, -0.15) is 5.10 Å². The summed E-state index contributed by atoms with van der Waals surface area (Å²) in [7, 11) is 1.83. The number of fused-ring (bicyclic) bond motifs is 4. The first kappa shape index (κ1) is 20.1. The molecule has 2 fully saturated rings. The molecule has 1 unspecified atom stereocenters. The summed E-state index contributed by atoms with van der Waals surface area (Å²) in [6.07, 6.45) is 4.47. The lowest BCUT2D eigenvalue weighted by Crippen LogP contribution is -2.61. The molecule has 5 heterocycles. The van der Waals surface area contributed by atoms with Crippen LogP contribution in [0, 0.1) is 0 Å². The van der Waals surface area contributed by atoms with Crippen molar-refractivity contribution in [1.29, 1.82) is 0 Å². The Morgan fingerprint density at radius 3 is 2.67 bits per heavy atom. The lowest BCUT2D eigenvalue weighted by Gasteiger charge is -2.48. The van der Waals surface area contributed by atoms with Crippen LogP contribution in [0.2, 0.25) is 0 Å². The molecule has 0 N–H and O–H groups in total. The number of morpholine rings is 1. The second-order valence-electron chi connectivity index (χ2n) is 8.72. The third kappa shape index (κ3) is 3.50. The molecule has 0 saturated carbocycles. The summed E-state index contributed by atoms with van der Waals surface area (Å²) in [4.78, 5) is 28.4. The smallest absolute Gasteiger partial charge is 0.254 e. The average Bonchev–Trinajstić information content (AvgIpc) is 3.16. The van der Waals surface area contributed by atoms with Gasteiger partial charge in [0, 0.05) is 48.8 Å². The van der Waals surface area contributed by atoms with Crippen molar-refractivity contribution in [1.82, 2.24) is 29.6 Å². The van der Waals surface area contributed by atoms with E-state index in [1.807, 2.05) is 19.3 Å². The third-order valence-electron chi connectivity index (χ3n) is 6.27. The van der Waals surface area contributed by atoms with E-state index < -0.39 is 18.0 Å². The van der Waals surface area contributed by atoms with Crippen LogP contribution in [0.3, 0.4) is 0 Å². The number of pyridine rings is 1. The van der Waals surface area contributed by atoms with Crippen LogP contribution in [-0.4, -0.2) is 66.8 Å². The maximum Gasteiger partial charge on any atom is 0.254 e. The van der Waals surface area contributed by atoms with E-state index in [0.717, 1.165) is 10.9 Å². The first-order valence-electron chi connectivity index (χ1n) is 10.7. The minimum absolute atomic E-state index is 0.124. The summed E-state index contributed by atoms with van der Waals surface area (Å²) in [5, 5.41) is 5.16. The Balaban J connectivity index is 1.35. The van der Waals surface area contributed by atoms with Gasteiger partial charge in [0.2, 0.25) is 0 Å². The van der Waals surface area contributed by atoms with Crippen LogP contribution in [0.25, 0.3) is 33.3 Å². The Bertz CT molecular complexity index is 1390. The molecule has 0 spiro atoms. The highest BCUT2D eigenvalue weighted by atomic mass is 19.3. The number of ether oxygens (including phenoxy) is 1. The van der Waals surface area contributed by atoms with Crippen molar-refractivity contribution in [3.05, 3.63) is 48.4 Å². The molecule has 0 aliphatic carbocycles. The minimum Gasteiger partial charge on any atom is -0.377 e. The van der Waals surface area contributed by atoms with Crippen molar-refractivity contribution in [2.24, 2.45) is 7.05 Å². The number of carbonyl (C=O) groups excluding carboxylic acids is 1. The highest BCUT2D eigenvalue weighted by molar-refractivity contribution is 5.98. The lowest BCUT2D eigenvalue weighted by atomic mass is 9.90. The van der Waals surface area contributed by atoms with Crippen LogP contribution in [0.5, 0.6) is 0 Å². The predicted molar refractivity (Wildman–Crippen MR) is 116 cm³/mol. The van der Waals surface area contributed by atoms with Gasteiger partial charge in [0.15, 0.2) is 5.65 Å². The van der Waals surface area contributed by atoms with Crippen LogP contribution in [0.4, 0.5) is 8.78 Å². The Kier molecular flexibility index (Phi) is 4.41. The molecule has 4 aromatic rings. The van der Waals surface area contributed by atoms with Gasteiger partial charge in [0.25, 0.3) is 11.8 Å². The van der Waals surface area contributed by atoms with E-state index in [9.17, 15) is 13.6 Å². The fourth-order valence-electron chi connectivity index (χ4n) is 4.82. The number of amides is 1. The number of piperidine rings is 1. The topological polar surface area (TPSA) is 86.0 Å². The van der Waals surface area contributed by atoms with E-state index in [4.69, 9.17) is 9.72 Å². The molecule has 2 atom stereocenters. The summed E-state index contributed by atoms with van der Waals surface area (Å²) in [5.74, 6) is -3.06. The zero-order valence-corrected chi connectivity index (χ0v) is 17.8. The van der Waals surface area contributed by atoms with Gasteiger partial charge in [-0.25, -0.2) is 18.7 Å². The first-order valence-corrected chi connectivity index (χ1v) is 10.7. The summed E-state index contributed by atoms with van der Waals surface area (Å²) in [6.45, 7) is 0.248. The average molecular weight is 450 g/mol. The molecule has 2 bridgehead atoms. The van der Waals surface area contributed by atoms with E-state index in [0.29, 0.717) is 27.9 Å². The molecule has 3 aromatic heterocycles. The Labute approximate surface area is 187 Å². The molecule has 10 heteroatoms. The summed E-state index contributed by atoms with van der Waals surface area (Å²) < 4.78 is 35.3. The zero-order valence-electron chi connectivity index (χ0n) is 17.8. The van der Waals surface area contributed by atoms with Gasteiger partial charge in [0.1, 0.15) is 0 Å². The number of halogens is 2. The zero-order chi connectivity index (χ0) is 22.7. The number of hydrogen-bond donors (Lipinski definition) is 0. The quantitative estimate of drug-likeness (QED) is 0.466. The minimum atomic E-state index is -2.77. The predicted octanol–water partition coefficient (Wildman–Crippen LogP) is 3.22. The van der Waals surface area contributed by atoms with Crippen molar-refractivity contribution < 1.29 is 18.3 Å². The molecule has 0 radical (unpaired) electrons. The Morgan fingerprint density at radius 2 is 1.88 bits per heavy atom. The van der Waals surface area contributed by atoms with Crippen molar-refractivity contribution >= 4 is 28.0 Å². The van der Waals surface area contributed by atoms with E-state index >= 15 is 0 Å². The van der Waals surface area contributed by atoms with Crippen LogP contribution in [0.15, 0.2) is 42.9 Å². The molecular weight excluding hydrogens is 430 g/mol. The SMILES string of the molecule is Cn1cc2cc(-c3cnc4ccc(C(=O)N5C6COC[C@@H]5CC(F)(F)C6)cc4n3)cnc2n1. The summed E-state index contributed by atoms with van der Waals surface area (Å²) >= 11 is 0. The number of carbonyl (C=O) groups is 1. The number of aromatic nitrogens is 5. The van der Waals surface area contributed by atoms with Gasteiger partial charge in [-0.05, 0) is 24.3 Å². The lowest BCUT2D eigenvalue weighted by molar-refractivity contribution is -0.145. The molecule has 1 aromatic carbocycles. The standard InChI is InChI=1S/C23H20F2N6O2/c1-30-10-15-4-14(8-27-21(15)29-30)20-9-26-18-3-2-13(5-19(18)28-20)22(32)31-16-6-23(24,25)7-17(31)12-33-11-16/h2-5,8-10,16-17H,6-7,11-12H2,1H3/t16-,17?/m0/s1. The molecule has 2 aliphatic rings.